The molecule has 0 aliphatic carbocycles. The number of carbonyl (C=O) groups is 2. The number of amides is 2. The Morgan fingerprint density at radius 1 is 1.03 bits per heavy atom. The van der Waals surface area contributed by atoms with Crippen molar-refractivity contribution in [1.82, 2.24) is 19.5 Å². The lowest BCUT2D eigenvalue weighted by atomic mass is 10.2. The Morgan fingerprint density at radius 2 is 1.73 bits per heavy atom. The third-order valence-electron chi connectivity index (χ3n) is 5.03. The Hall–Kier alpha value is -4.23. The minimum atomic E-state index is -4.65. The molecule has 0 unspecified atom stereocenters. The fourth-order valence-electron chi connectivity index (χ4n) is 3.38. The number of anilines is 2. The number of ether oxygens (including phenoxy) is 1. The van der Waals surface area contributed by atoms with E-state index in [4.69, 9.17) is 22.1 Å². The van der Waals surface area contributed by atoms with Crippen molar-refractivity contribution in [3.63, 3.8) is 0 Å². The summed E-state index contributed by atoms with van der Waals surface area (Å²) in [6.45, 7) is 0.320. The van der Waals surface area contributed by atoms with Crippen LogP contribution in [0, 0.1) is 0 Å². The van der Waals surface area contributed by atoms with Crippen molar-refractivity contribution in [1.29, 1.82) is 0 Å². The van der Waals surface area contributed by atoms with Gasteiger partial charge < -0.3 is 21.1 Å². The van der Waals surface area contributed by atoms with E-state index < -0.39 is 28.8 Å². The number of carbonyl (C=O) groups excluding carboxylic acids is 2. The Labute approximate surface area is 212 Å². The van der Waals surface area contributed by atoms with Crippen LogP contribution in [0.25, 0.3) is 16.9 Å². The summed E-state index contributed by atoms with van der Waals surface area (Å²) in [5, 5.41) is 4.42. The second-order valence-electron chi connectivity index (χ2n) is 7.61. The third-order valence-corrected chi connectivity index (χ3v) is 5.36. The molecule has 4 aromatic rings. The van der Waals surface area contributed by atoms with Crippen LogP contribution in [0.5, 0.6) is 0 Å². The number of nitrogens with one attached hydrogen (secondary N) is 2. The number of rotatable bonds is 7. The highest BCUT2D eigenvalue weighted by atomic mass is 35.5. The van der Waals surface area contributed by atoms with Crippen LogP contribution in [0.15, 0.2) is 55.1 Å². The molecule has 0 fully saturated rings. The largest absolute Gasteiger partial charge is 0.464 e. The maximum Gasteiger partial charge on any atom is 0.417 e. The van der Waals surface area contributed by atoms with Gasteiger partial charge in [-0.15, -0.1) is 0 Å². The van der Waals surface area contributed by atoms with E-state index in [-0.39, 0.29) is 25.3 Å². The Morgan fingerprint density at radius 3 is 2.43 bits per heavy atom. The summed E-state index contributed by atoms with van der Waals surface area (Å²) in [7, 11) is 0. The molecule has 0 aliphatic heterocycles. The third kappa shape index (κ3) is 6.13. The number of halogens is 4. The van der Waals surface area contributed by atoms with Crippen LogP contribution in [0.2, 0.25) is 5.02 Å². The summed E-state index contributed by atoms with van der Waals surface area (Å²) in [5.74, 6) is -0.484. The molecule has 2 aromatic heterocycles. The van der Waals surface area contributed by atoms with Gasteiger partial charge in [-0.05, 0) is 42.5 Å². The average Bonchev–Trinajstić information content (AvgIpc) is 3.29. The number of esters is 1. The second-order valence-corrected chi connectivity index (χ2v) is 8.02. The van der Waals surface area contributed by atoms with Crippen LogP contribution < -0.4 is 16.4 Å². The van der Waals surface area contributed by atoms with E-state index in [1.54, 1.807) is 28.8 Å². The smallest absolute Gasteiger partial charge is 0.417 e. The van der Waals surface area contributed by atoms with E-state index in [1.807, 2.05) is 0 Å². The minimum absolute atomic E-state index is 0.0712. The lowest BCUT2D eigenvalue weighted by Crippen LogP contribution is -2.20. The first-order valence-corrected chi connectivity index (χ1v) is 11.1. The first-order chi connectivity index (χ1) is 17.7. The molecule has 10 nitrogen and oxygen atoms in total. The Balaban J connectivity index is 1.46. The number of hydrogen-bond donors (Lipinski definition) is 3. The molecular formula is C23H19ClF3N7O3. The predicted octanol–water partition coefficient (Wildman–Crippen LogP) is 4.18. The van der Waals surface area contributed by atoms with Crippen LogP contribution in [-0.4, -0.2) is 44.7 Å². The van der Waals surface area contributed by atoms with Crippen molar-refractivity contribution in [2.24, 2.45) is 5.73 Å². The predicted molar refractivity (Wildman–Crippen MR) is 129 cm³/mol. The highest BCUT2D eigenvalue weighted by Crippen LogP contribution is 2.36. The average molecular weight is 534 g/mol. The lowest BCUT2D eigenvalue weighted by molar-refractivity contribution is -0.142. The zero-order chi connectivity index (χ0) is 26.6. The molecule has 4 N–H and O–H groups in total. The Kier molecular flexibility index (Phi) is 7.55. The molecule has 14 heteroatoms. The standard InChI is InChI=1S/C23H19ClF3N7O3/c24-17-6-3-14(9-16(17)23(25,26)27)33-22(36)32-13-1-4-15(5-2-13)34-12-31-20-18(29-11-30-21(20)34)10-19(35)37-8-7-28/h1-6,9,11-12H,7-8,10,28H2,(H2,32,33,36). The highest BCUT2D eigenvalue weighted by Gasteiger charge is 2.33. The first-order valence-electron chi connectivity index (χ1n) is 10.7. The van der Waals surface area contributed by atoms with Gasteiger partial charge in [0.15, 0.2) is 5.65 Å². The van der Waals surface area contributed by atoms with Crippen LogP contribution in [0.4, 0.5) is 29.3 Å². The highest BCUT2D eigenvalue weighted by molar-refractivity contribution is 6.31. The van der Waals surface area contributed by atoms with Gasteiger partial charge in [0.1, 0.15) is 24.8 Å². The SMILES string of the molecule is NCCOC(=O)Cc1ncnc2c1ncn2-c1ccc(NC(=O)Nc2ccc(Cl)c(C(F)(F)F)c2)cc1. The number of nitrogens with two attached hydrogens (primary N) is 1. The van der Waals surface area contributed by atoms with E-state index in [0.717, 1.165) is 12.1 Å². The molecule has 0 spiro atoms. The van der Waals surface area contributed by atoms with Gasteiger partial charge in [0, 0.05) is 23.6 Å². The summed E-state index contributed by atoms with van der Waals surface area (Å²) >= 11 is 5.60. The van der Waals surface area contributed by atoms with Crippen molar-refractivity contribution < 1.29 is 27.5 Å². The fourth-order valence-corrected chi connectivity index (χ4v) is 3.61. The molecule has 0 radical (unpaired) electrons. The quantitative estimate of drug-likeness (QED) is 0.303. The van der Waals surface area contributed by atoms with Crippen LogP contribution in [0.1, 0.15) is 11.3 Å². The van der Waals surface area contributed by atoms with Crippen LogP contribution in [-0.2, 0) is 22.1 Å². The first kappa shape index (κ1) is 25.9. The molecule has 0 atom stereocenters. The van der Waals surface area contributed by atoms with Crippen molar-refractivity contribution in [2.75, 3.05) is 23.8 Å². The summed E-state index contributed by atoms with van der Waals surface area (Å²) in [5.41, 5.74) is 6.53. The number of nitrogens with zero attached hydrogens (tertiary/aromatic N) is 4. The number of imidazole rings is 1. The maximum atomic E-state index is 13.0. The lowest BCUT2D eigenvalue weighted by Gasteiger charge is -2.12. The molecule has 4 rings (SSSR count). The molecular weight excluding hydrogens is 515 g/mol. The minimum Gasteiger partial charge on any atom is -0.464 e. The van der Waals surface area contributed by atoms with Gasteiger partial charge in [-0.3, -0.25) is 9.36 Å². The van der Waals surface area contributed by atoms with E-state index in [0.29, 0.717) is 28.2 Å². The van der Waals surface area contributed by atoms with Crippen LogP contribution in [0.3, 0.4) is 0 Å². The monoisotopic (exact) mass is 533 g/mol. The van der Waals surface area contributed by atoms with Gasteiger partial charge in [-0.25, -0.2) is 19.7 Å². The molecule has 0 saturated heterocycles. The van der Waals surface area contributed by atoms with E-state index in [1.165, 1.54) is 18.7 Å². The number of benzene rings is 2. The fraction of sp³-hybridized carbons (Fsp3) is 0.174. The summed E-state index contributed by atoms with van der Waals surface area (Å²) in [6, 6.07) is 8.88. The van der Waals surface area contributed by atoms with Crippen molar-refractivity contribution in [3.05, 3.63) is 71.4 Å². The topological polar surface area (TPSA) is 137 Å². The molecule has 2 aromatic carbocycles. The number of aromatic nitrogens is 4. The van der Waals surface area contributed by atoms with Crippen molar-refractivity contribution in [2.45, 2.75) is 12.6 Å². The molecule has 2 heterocycles. The van der Waals surface area contributed by atoms with Gasteiger partial charge >= 0.3 is 18.2 Å². The zero-order valence-electron chi connectivity index (χ0n) is 18.9. The van der Waals surface area contributed by atoms with Crippen molar-refractivity contribution >= 4 is 46.1 Å². The molecule has 2 amide bonds. The number of fused-ring (bicyclic) bond motifs is 1. The van der Waals surface area contributed by atoms with Gasteiger partial charge in [0.2, 0.25) is 0 Å². The zero-order valence-corrected chi connectivity index (χ0v) is 19.7. The van der Waals surface area contributed by atoms with Crippen LogP contribution >= 0.6 is 11.6 Å². The maximum absolute atomic E-state index is 13.0. The molecule has 192 valence electrons. The second kappa shape index (κ2) is 10.8. The molecule has 0 saturated carbocycles. The number of urea groups is 1. The van der Waals surface area contributed by atoms with Gasteiger partial charge in [-0.2, -0.15) is 13.2 Å². The number of alkyl halides is 3. The summed E-state index contributed by atoms with van der Waals surface area (Å²) in [6.07, 6.45) is -1.92. The summed E-state index contributed by atoms with van der Waals surface area (Å²) < 4.78 is 45.8. The normalized spacial score (nSPS) is 11.4. The summed E-state index contributed by atoms with van der Waals surface area (Å²) in [4.78, 5) is 36.9. The molecule has 37 heavy (non-hydrogen) atoms. The molecule has 0 bridgehead atoms. The van der Waals surface area contributed by atoms with E-state index >= 15 is 0 Å². The van der Waals surface area contributed by atoms with Gasteiger partial charge in [-0.1, -0.05) is 11.6 Å². The van der Waals surface area contributed by atoms with Gasteiger partial charge in [0.25, 0.3) is 0 Å². The molecule has 0 aliphatic rings. The number of hydrogen-bond acceptors (Lipinski definition) is 7. The van der Waals surface area contributed by atoms with E-state index in [9.17, 15) is 22.8 Å². The van der Waals surface area contributed by atoms with Gasteiger partial charge in [0.05, 0.1) is 22.7 Å². The van der Waals surface area contributed by atoms with E-state index in [2.05, 4.69) is 25.6 Å². The van der Waals surface area contributed by atoms with Crippen molar-refractivity contribution in [3.8, 4) is 5.69 Å². The Bertz CT molecular complexity index is 1440.